The van der Waals surface area contributed by atoms with Gasteiger partial charge in [0.05, 0.1) is 0 Å². The van der Waals surface area contributed by atoms with Crippen molar-refractivity contribution in [1.82, 2.24) is 46.9 Å². The average molecular weight is 700 g/mol. The molecule has 0 aliphatic heterocycles. The van der Waals surface area contributed by atoms with E-state index in [9.17, 15) is 0 Å². The number of hydrogen-bond acceptors (Lipinski definition) is 6. The van der Waals surface area contributed by atoms with E-state index in [4.69, 9.17) is 0 Å². The number of nitrogens with one attached hydrogen (secondary N) is 9. The number of benzene rings is 1. The Morgan fingerprint density at radius 2 is 0.549 bits per heavy atom. The second-order valence-electron chi connectivity index (χ2n) is 13.8. The molecule has 0 atom stereocenters. The molecule has 0 aliphatic rings. The van der Waals surface area contributed by atoms with Crippen LogP contribution in [0.25, 0.3) is 0 Å². The lowest BCUT2D eigenvalue weighted by Crippen LogP contribution is -2.24. The third kappa shape index (κ3) is 12.5. The van der Waals surface area contributed by atoms with Gasteiger partial charge in [-0.1, -0.05) is 41.5 Å². The maximum atomic E-state index is 3.84. The minimum atomic E-state index is 0.821. The third-order valence-corrected chi connectivity index (χ3v) is 9.75. The predicted octanol–water partition coefficient (Wildman–Crippen LogP) is 6.73. The van der Waals surface area contributed by atoms with Gasteiger partial charge in [0.15, 0.2) is 0 Å². The maximum Gasteiger partial charge on any atom is 0.0360 e. The highest BCUT2D eigenvalue weighted by Crippen LogP contribution is 2.31. The van der Waals surface area contributed by atoms with Crippen molar-refractivity contribution in [3.63, 3.8) is 0 Å². The fourth-order valence-corrected chi connectivity index (χ4v) is 7.27. The van der Waals surface area contributed by atoms with Crippen molar-refractivity contribution in [2.75, 3.05) is 19.6 Å². The third-order valence-electron chi connectivity index (χ3n) is 9.75. The highest BCUT2D eigenvalue weighted by Gasteiger charge is 2.21. The summed E-state index contributed by atoms with van der Waals surface area (Å²) in [5.41, 5.74) is 16.4. The molecule has 9 N–H and O–H groups in total. The number of aromatic nitrogens is 3. The van der Waals surface area contributed by atoms with Gasteiger partial charge in [0.1, 0.15) is 0 Å². The summed E-state index contributed by atoms with van der Waals surface area (Å²) in [6, 6.07) is 13.3. The summed E-state index contributed by atoms with van der Waals surface area (Å²) in [5, 5.41) is 22.0. The first kappa shape index (κ1) is 40.6. The average Bonchev–Trinajstić information content (AvgIpc) is 3.91. The van der Waals surface area contributed by atoms with Crippen molar-refractivity contribution in [1.29, 1.82) is 0 Å². The molecule has 9 nitrogen and oxygen atoms in total. The standard InChI is InChI=1S/C42H69N9/c1-7-19-43-22-31-13-16-34(49-31)25-46-28-40-37(10-4)41(29-47-26-35-17-14-32(50-35)23-44-20-8-2)39(12-6)42(38(40)11-5)30-48-27-36-18-15-33(51-36)24-45-21-9-3/h13-18,43-51H,7-12,19-30H2,1-6H3. The molecule has 0 aliphatic carbocycles. The largest absolute Gasteiger partial charge is 0.360 e. The van der Waals surface area contributed by atoms with Crippen molar-refractivity contribution < 1.29 is 0 Å². The van der Waals surface area contributed by atoms with Crippen LogP contribution in [-0.2, 0) is 78.2 Å². The van der Waals surface area contributed by atoms with Crippen LogP contribution in [-0.4, -0.2) is 34.6 Å². The molecule has 0 saturated carbocycles. The SMILES string of the molecule is CCCNCc1ccc(CNCc2c(CC)c(CNCc3ccc(CNCCC)[nH]3)c(CC)c(CNCc3ccc(CNCCC)[nH]3)c2CC)[nH]1. The monoisotopic (exact) mass is 700 g/mol. The highest BCUT2D eigenvalue weighted by atomic mass is 14.9. The molecule has 4 aromatic rings. The molecular formula is C42H69N9. The molecule has 3 aromatic heterocycles. The molecule has 0 saturated heterocycles. The number of hydrogen-bond donors (Lipinski definition) is 9. The van der Waals surface area contributed by atoms with Crippen LogP contribution in [0.3, 0.4) is 0 Å². The van der Waals surface area contributed by atoms with Crippen LogP contribution >= 0.6 is 0 Å². The van der Waals surface area contributed by atoms with Gasteiger partial charge in [-0.3, -0.25) is 0 Å². The second kappa shape index (κ2) is 22.7. The molecule has 282 valence electrons. The van der Waals surface area contributed by atoms with Crippen molar-refractivity contribution in [3.8, 4) is 0 Å². The quantitative estimate of drug-likeness (QED) is 0.0319. The van der Waals surface area contributed by atoms with Crippen molar-refractivity contribution in [2.24, 2.45) is 0 Å². The van der Waals surface area contributed by atoms with Crippen LogP contribution in [0.5, 0.6) is 0 Å². The number of rotatable bonds is 27. The summed E-state index contributed by atoms with van der Waals surface area (Å²) in [4.78, 5) is 10.8. The smallest absolute Gasteiger partial charge is 0.0360 e. The van der Waals surface area contributed by atoms with Crippen LogP contribution in [0.15, 0.2) is 36.4 Å². The van der Waals surface area contributed by atoms with E-state index in [1.54, 1.807) is 0 Å². The molecule has 0 unspecified atom stereocenters. The van der Waals surface area contributed by atoms with E-state index in [2.05, 4.69) is 125 Å². The molecule has 0 bridgehead atoms. The van der Waals surface area contributed by atoms with Crippen molar-refractivity contribution in [3.05, 3.63) is 104 Å². The zero-order chi connectivity index (χ0) is 36.3. The summed E-state index contributed by atoms with van der Waals surface area (Å²) >= 11 is 0. The van der Waals surface area contributed by atoms with E-state index in [0.717, 1.165) is 117 Å². The van der Waals surface area contributed by atoms with Gasteiger partial charge in [-0.25, -0.2) is 0 Å². The van der Waals surface area contributed by atoms with E-state index < -0.39 is 0 Å². The minimum Gasteiger partial charge on any atom is -0.360 e. The van der Waals surface area contributed by atoms with E-state index in [0.29, 0.717) is 0 Å². The zero-order valence-electron chi connectivity index (χ0n) is 32.7. The van der Waals surface area contributed by atoms with Gasteiger partial charge in [-0.15, -0.1) is 0 Å². The van der Waals surface area contributed by atoms with Gasteiger partial charge in [-0.05, 0) is 128 Å². The fourth-order valence-electron chi connectivity index (χ4n) is 7.27. The highest BCUT2D eigenvalue weighted by molar-refractivity contribution is 5.52. The zero-order valence-corrected chi connectivity index (χ0v) is 32.7. The van der Waals surface area contributed by atoms with E-state index in [-0.39, 0.29) is 0 Å². The molecule has 1 aromatic carbocycles. The maximum absolute atomic E-state index is 3.84. The Bertz CT molecular complexity index is 1340. The molecule has 0 amide bonds. The van der Waals surface area contributed by atoms with Gasteiger partial charge in [0.25, 0.3) is 0 Å². The Kier molecular flexibility index (Phi) is 18.1. The lowest BCUT2D eigenvalue weighted by atomic mass is 9.83. The van der Waals surface area contributed by atoms with Gasteiger partial charge in [0.2, 0.25) is 0 Å². The van der Waals surface area contributed by atoms with Gasteiger partial charge in [-0.2, -0.15) is 0 Å². The van der Waals surface area contributed by atoms with Crippen LogP contribution in [0.4, 0.5) is 0 Å². The molecule has 0 fully saturated rings. The molecule has 3 heterocycles. The summed E-state index contributed by atoms with van der Waals surface area (Å²) in [6.45, 7) is 24.4. The first-order chi connectivity index (χ1) is 25.0. The summed E-state index contributed by atoms with van der Waals surface area (Å²) in [5.74, 6) is 0. The van der Waals surface area contributed by atoms with Crippen LogP contribution in [0.1, 0.15) is 128 Å². The first-order valence-corrected chi connectivity index (χ1v) is 20.0. The van der Waals surface area contributed by atoms with Gasteiger partial charge < -0.3 is 46.9 Å². The van der Waals surface area contributed by atoms with E-state index in [1.807, 2.05) is 0 Å². The Morgan fingerprint density at radius 3 is 0.765 bits per heavy atom. The second-order valence-corrected chi connectivity index (χ2v) is 13.8. The molecule has 51 heavy (non-hydrogen) atoms. The van der Waals surface area contributed by atoms with Crippen molar-refractivity contribution in [2.45, 2.75) is 139 Å². The molecule has 4 rings (SSSR count). The minimum absolute atomic E-state index is 0.821. The fraction of sp³-hybridized carbons (Fsp3) is 0.571. The Labute approximate surface area is 308 Å². The van der Waals surface area contributed by atoms with Gasteiger partial charge in [0, 0.05) is 93.1 Å². The molecule has 9 heteroatoms. The van der Waals surface area contributed by atoms with E-state index in [1.165, 1.54) is 67.5 Å². The lowest BCUT2D eigenvalue weighted by molar-refractivity contribution is 0.631. The Balaban J connectivity index is 1.54. The Hall–Kier alpha value is -3.18. The van der Waals surface area contributed by atoms with Crippen molar-refractivity contribution >= 4 is 0 Å². The van der Waals surface area contributed by atoms with Crippen LogP contribution in [0.2, 0.25) is 0 Å². The number of aromatic amines is 3. The Morgan fingerprint density at radius 1 is 0.314 bits per heavy atom. The molecule has 0 radical (unpaired) electrons. The summed E-state index contributed by atoms with van der Waals surface area (Å²) < 4.78 is 0. The lowest BCUT2D eigenvalue weighted by Gasteiger charge is -2.27. The topological polar surface area (TPSA) is 120 Å². The summed E-state index contributed by atoms with van der Waals surface area (Å²) in [7, 11) is 0. The predicted molar refractivity (Wildman–Crippen MR) is 215 cm³/mol. The normalized spacial score (nSPS) is 11.6. The van der Waals surface area contributed by atoms with E-state index >= 15 is 0 Å². The first-order valence-electron chi connectivity index (χ1n) is 20.0. The number of H-pyrrole nitrogens is 3. The van der Waals surface area contributed by atoms with Crippen LogP contribution in [0, 0.1) is 0 Å². The molecular weight excluding hydrogens is 631 g/mol. The van der Waals surface area contributed by atoms with Crippen LogP contribution < -0.4 is 31.9 Å². The molecule has 0 spiro atoms. The summed E-state index contributed by atoms with van der Waals surface area (Å²) in [6.07, 6.45) is 6.50. The van der Waals surface area contributed by atoms with Gasteiger partial charge >= 0.3 is 0 Å².